The van der Waals surface area contributed by atoms with E-state index in [0.29, 0.717) is 42.3 Å². The Hall–Kier alpha value is -3.91. The van der Waals surface area contributed by atoms with Gasteiger partial charge in [-0.15, -0.1) is 0 Å². The number of fused-ring (bicyclic) bond motifs is 4. The van der Waals surface area contributed by atoms with E-state index in [9.17, 15) is 10.5 Å². The lowest BCUT2D eigenvalue weighted by Crippen LogP contribution is -2.73. The van der Waals surface area contributed by atoms with Gasteiger partial charge in [-0.05, 0) is 85.8 Å². The van der Waals surface area contributed by atoms with E-state index in [1.54, 1.807) is 0 Å². The number of piperidine rings is 2. The van der Waals surface area contributed by atoms with Crippen LogP contribution in [0.2, 0.25) is 5.02 Å². The number of rotatable bonds is 3. The first-order chi connectivity index (χ1) is 19.6. The number of hydrogen-bond acceptors (Lipinski definition) is 6. The molecule has 0 radical (unpaired) electrons. The summed E-state index contributed by atoms with van der Waals surface area (Å²) in [6.07, 6.45) is 0. The highest BCUT2D eigenvalue weighted by atomic mass is 35.5. The fraction of sp³-hybridized carbons (Fsp3) is 0.333. The average Bonchev–Trinajstić information content (AvgIpc) is 2.98. The predicted molar refractivity (Wildman–Crippen MR) is 168 cm³/mol. The quantitative estimate of drug-likeness (QED) is 0.323. The average molecular weight is 579 g/mol. The van der Waals surface area contributed by atoms with Crippen molar-refractivity contribution in [1.82, 2.24) is 4.90 Å². The van der Waals surface area contributed by atoms with E-state index in [-0.39, 0.29) is 0 Å². The van der Waals surface area contributed by atoms with Crippen LogP contribution in [0, 0.1) is 61.2 Å². The van der Waals surface area contributed by atoms with Crippen LogP contribution in [0.1, 0.15) is 33.7 Å². The number of nitrogens with zero attached hydrogens (tertiary/aromatic N) is 6. The first kappa shape index (κ1) is 27.3. The smallest absolute Gasteiger partial charge is 0.141 e. The highest BCUT2D eigenvalue weighted by molar-refractivity contribution is 7.80. The van der Waals surface area contributed by atoms with Crippen LogP contribution in [-0.4, -0.2) is 42.2 Å². The molecule has 0 N–H and O–H groups in total. The number of thiocarbonyl (C=S) groups is 1. The predicted octanol–water partition coefficient (Wildman–Crippen LogP) is 6.67. The molecule has 0 aliphatic carbocycles. The van der Waals surface area contributed by atoms with E-state index in [1.165, 1.54) is 16.7 Å². The topological polar surface area (TPSA) is 69.7 Å². The Balaban J connectivity index is 1.55. The van der Waals surface area contributed by atoms with Crippen molar-refractivity contribution < 1.29 is 0 Å². The molecule has 206 valence electrons. The molecular weight excluding hydrogens is 548 g/mol. The van der Waals surface area contributed by atoms with Crippen LogP contribution < -0.4 is 9.80 Å². The Kier molecular flexibility index (Phi) is 6.57. The standard InChI is InChI=1S/C33H31ClN6S/c1-21-9-11-25(13-23(21)3)38-17-32(15-35)29(27-7-5-6-8-28(27)34)33(16-36,18-38)31(41)40-20-39(19-37-30(32)40)26-12-10-22(2)24(4)14-26/h5-14,29H,17-20H2,1-4H3/t29-,32-,33-/m0/s1. The highest BCUT2D eigenvalue weighted by Gasteiger charge is 2.68. The lowest BCUT2D eigenvalue weighted by atomic mass is 9.53. The van der Waals surface area contributed by atoms with Gasteiger partial charge in [0.1, 0.15) is 28.3 Å². The molecule has 0 unspecified atom stereocenters. The summed E-state index contributed by atoms with van der Waals surface area (Å²) >= 11 is 13.1. The van der Waals surface area contributed by atoms with Gasteiger partial charge in [0.15, 0.2) is 0 Å². The van der Waals surface area contributed by atoms with E-state index < -0.39 is 16.7 Å². The summed E-state index contributed by atoms with van der Waals surface area (Å²) in [5.74, 6) is 0.0478. The van der Waals surface area contributed by atoms with Crippen molar-refractivity contribution in [3.8, 4) is 12.1 Å². The molecule has 8 heteroatoms. The number of aryl methyl sites for hydroxylation is 4. The van der Waals surface area contributed by atoms with Crippen LogP contribution in [0.5, 0.6) is 0 Å². The lowest BCUT2D eigenvalue weighted by Gasteiger charge is -2.61. The maximum Gasteiger partial charge on any atom is 0.141 e. The maximum absolute atomic E-state index is 11.2. The van der Waals surface area contributed by atoms with Crippen LogP contribution in [0.15, 0.2) is 65.7 Å². The number of nitriles is 2. The van der Waals surface area contributed by atoms with Gasteiger partial charge in [0.2, 0.25) is 0 Å². The van der Waals surface area contributed by atoms with Crippen molar-refractivity contribution in [3.05, 3.63) is 93.5 Å². The molecule has 6 nitrogen and oxygen atoms in total. The number of anilines is 2. The molecule has 3 atom stereocenters. The summed E-state index contributed by atoms with van der Waals surface area (Å²) in [4.78, 5) is 11.8. The second-order valence-corrected chi connectivity index (χ2v) is 12.3. The Bertz CT molecular complexity index is 1700. The van der Waals surface area contributed by atoms with E-state index >= 15 is 0 Å². The molecule has 3 aliphatic rings. The van der Waals surface area contributed by atoms with Gasteiger partial charge in [0.05, 0.1) is 18.8 Å². The normalized spacial score (nSPS) is 25.2. The van der Waals surface area contributed by atoms with Crippen molar-refractivity contribution >= 4 is 46.0 Å². The minimum atomic E-state index is -1.20. The van der Waals surface area contributed by atoms with Gasteiger partial charge in [-0.25, -0.2) is 4.99 Å². The largest absolute Gasteiger partial charge is 0.367 e. The van der Waals surface area contributed by atoms with Crippen LogP contribution in [0.4, 0.5) is 11.4 Å². The van der Waals surface area contributed by atoms with Gasteiger partial charge in [-0.2, -0.15) is 10.5 Å². The van der Waals surface area contributed by atoms with E-state index in [4.69, 9.17) is 28.8 Å². The van der Waals surface area contributed by atoms with E-state index in [1.807, 2.05) is 29.2 Å². The summed E-state index contributed by atoms with van der Waals surface area (Å²) in [6, 6.07) is 25.5. The lowest BCUT2D eigenvalue weighted by molar-refractivity contribution is 0.206. The van der Waals surface area contributed by atoms with Crippen LogP contribution in [0.3, 0.4) is 0 Å². The molecule has 3 heterocycles. The zero-order chi connectivity index (χ0) is 29.1. The molecule has 0 saturated carbocycles. The van der Waals surface area contributed by atoms with Gasteiger partial charge in [0, 0.05) is 35.4 Å². The van der Waals surface area contributed by atoms with Crippen LogP contribution in [-0.2, 0) is 0 Å². The molecule has 3 aromatic rings. The summed E-state index contributed by atoms with van der Waals surface area (Å²) in [6.45, 7) is 9.87. The maximum atomic E-state index is 11.2. The van der Waals surface area contributed by atoms with Gasteiger partial charge in [-0.3, -0.25) is 0 Å². The highest BCUT2D eigenvalue weighted by Crippen LogP contribution is 2.59. The van der Waals surface area contributed by atoms with Crippen LogP contribution >= 0.6 is 23.8 Å². The minimum Gasteiger partial charge on any atom is -0.367 e. The van der Waals surface area contributed by atoms with Crippen molar-refractivity contribution in [2.75, 3.05) is 36.2 Å². The van der Waals surface area contributed by atoms with Crippen LogP contribution in [0.25, 0.3) is 0 Å². The molecule has 0 spiro atoms. The number of aliphatic imine (C=N–C) groups is 1. The monoisotopic (exact) mass is 578 g/mol. The minimum absolute atomic E-state index is 0.345. The molecular formula is C33H31ClN6S. The number of amidine groups is 1. The zero-order valence-corrected chi connectivity index (χ0v) is 25.2. The summed E-state index contributed by atoms with van der Waals surface area (Å²) in [7, 11) is 0. The molecule has 2 saturated heterocycles. The van der Waals surface area contributed by atoms with Crippen molar-refractivity contribution in [1.29, 1.82) is 10.5 Å². The Labute approximate surface area is 252 Å². The summed E-state index contributed by atoms with van der Waals surface area (Å²) < 4.78 is 0. The third-order valence-corrected chi connectivity index (χ3v) is 10.1. The fourth-order valence-corrected chi connectivity index (χ4v) is 7.30. The van der Waals surface area contributed by atoms with E-state index in [2.05, 4.69) is 86.0 Å². The molecule has 6 rings (SSSR count). The van der Waals surface area contributed by atoms with Gasteiger partial charge in [0.25, 0.3) is 0 Å². The number of benzene rings is 3. The van der Waals surface area contributed by atoms with Crippen molar-refractivity contribution in [2.24, 2.45) is 15.8 Å². The Morgan fingerprint density at radius 3 is 2.00 bits per heavy atom. The van der Waals surface area contributed by atoms with Gasteiger partial charge < -0.3 is 14.7 Å². The molecule has 3 aliphatic heterocycles. The van der Waals surface area contributed by atoms with Gasteiger partial charge in [-0.1, -0.05) is 54.2 Å². The van der Waals surface area contributed by atoms with E-state index in [0.717, 1.165) is 22.5 Å². The molecule has 0 amide bonds. The molecule has 3 aromatic carbocycles. The first-order valence-corrected chi connectivity index (χ1v) is 14.5. The van der Waals surface area contributed by atoms with Crippen molar-refractivity contribution in [2.45, 2.75) is 33.6 Å². The molecule has 2 fully saturated rings. The second kappa shape index (κ2) is 9.87. The van der Waals surface area contributed by atoms with Crippen molar-refractivity contribution in [3.63, 3.8) is 0 Å². The Morgan fingerprint density at radius 1 is 0.829 bits per heavy atom. The molecule has 2 bridgehead atoms. The summed E-state index contributed by atoms with van der Waals surface area (Å²) in [5.41, 5.74) is 5.17. The number of halogens is 1. The molecule has 0 aromatic heterocycles. The summed E-state index contributed by atoms with van der Waals surface area (Å²) in [5, 5.41) is 22.8. The zero-order valence-electron chi connectivity index (χ0n) is 23.6. The number of hydrogen-bond donors (Lipinski definition) is 0. The SMILES string of the molecule is Cc1ccc(N2CN=C3N(C2)C(=S)[C@@]2(C#N)CN(c4ccc(C)c(C)c4)C[C@@]3(C#N)[C@@H]2c2ccccc2Cl)cc1C. The third kappa shape index (κ3) is 4.02. The fourth-order valence-electron chi connectivity index (χ4n) is 6.68. The third-order valence-electron chi connectivity index (χ3n) is 9.18. The Morgan fingerprint density at radius 2 is 1.41 bits per heavy atom. The second-order valence-electron chi connectivity index (χ2n) is 11.6. The van der Waals surface area contributed by atoms with Gasteiger partial charge >= 0.3 is 0 Å². The first-order valence-electron chi connectivity index (χ1n) is 13.7. The molecule has 41 heavy (non-hydrogen) atoms.